The summed E-state index contributed by atoms with van der Waals surface area (Å²) in [4.78, 5) is 10.9. The van der Waals surface area contributed by atoms with Crippen molar-refractivity contribution in [3.05, 3.63) is 30.1 Å². The number of carbonyl (C=O) groups excluding carboxylic acids is 1. The molecule has 1 aliphatic heterocycles. The van der Waals surface area contributed by atoms with Crippen molar-refractivity contribution >= 4 is 15.9 Å². The van der Waals surface area contributed by atoms with Gasteiger partial charge < -0.3 is 5.73 Å². The molecular weight excluding hydrogens is 247 g/mol. The minimum atomic E-state index is -3.75. The molecule has 1 amide bonds. The first-order valence-electron chi connectivity index (χ1n) is 4.99. The number of carbonyl (C=O) groups is 1. The summed E-state index contributed by atoms with van der Waals surface area (Å²) >= 11 is 0. The van der Waals surface area contributed by atoms with Crippen molar-refractivity contribution in [2.24, 2.45) is 5.73 Å². The molecule has 0 aromatic heterocycles. The van der Waals surface area contributed by atoms with E-state index in [1.165, 1.54) is 12.1 Å². The Kier molecular flexibility index (Phi) is 2.88. The Morgan fingerprint density at radius 1 is 1.35 bits per heavy atom. The van der Waals surface area contributed by atoms with Crippen LogP contribution in [-0.4, -0.2) is 31.2 Å². The lowest BCUT2D eigenvalue weighted by molar-refractivity contribution is -0.124. The van der Waals surface area contributed by atoms with Gasteiger partial charge in [0.05, 0.1) is 4.90 Å². The minimum Gasteiger partial charge on any atom is -0.368 e. The van der Waals surface area contributed by atoms with Crippen molar-refractivity contribution in [2.75, 3.05) is 6.54 Å². The second kappa shape index (κ2) is 4.08. The lowest BCUT2D eigenvalue weighted by Crippen LogP contribution is -2.56. The number of nitrogens with zero attached hydrogens (tertiary/aromatic N) is 1. The Morgan fingerprint density at radius 2 is 1.94 bits per heavy atom. The lowest BCUT2D eigenvalue weighted by atomic mass is 10.1. The summed E-state index contributed by atoms with van der Waals surface area (Å²) in [5.74, 6) is -1.18. The van der Waals surface area contributed by atoms with Gasteiger partial charge in [0.15, 0.2) is 0 Å². The first-order chi connectivity index (χ1) is 7.93. The number of halogens is 1. The third-order valence-corrected chi connectivity index (χ3v) is 4.64. The van der Waals surface area contributed by atoms with E-state index >= 15 is 0 Å². The third kappa shape index (κ3) is 2.03. The smallest absolute Gasteiger partial charge is 0.243 e. The highest BCUT2D eigenvalue weighted by Crippen LogP contribution is 2.26. The fraction of sp³-hybridized carbons (Fsp3) is 0.300. The second-order valence-corrected chi connectivity index (χ2v) is 5.67. The van der Waals surface area contributed by atoms with Crippen molar-refractivity contribution < 1.29 is 17.6 Å². The summed E-state index contributed by atoms with van der Waals surface area (Å²) in [5.41, 5.74) is 5.08. The molecule has 1 aromatic rings. The molecule has 1 atom stereocenters. The lowest BCUT2D eigenvalue weighted by Gasteiger charge is -2.37. The van der Waals surface area contributed by atoms with E-state index in [1.54, 1.807) is 0 Å². The van der Waals surface area contributed by atoms with E-state index < -0.39 is 27.8 Å². The van der Waals surface area contributed by atoms with Crippen LogP contribution in [-0.2, 0) is 14.8 Å². The van der Waals surface area contributed by atoms with Crippen molar-refractivity contribution in [1.82, 2.24) is 4.31 Å². The number of benzene rings is 1. The fourth-order valence-corrected chi connectivity index (χ4v) is 3.32. The van der Waals surface area contributed by atoms with Gasteiger partial charge in [-0.15, -0.1) is 0 Å². The first kappa shape index (κ1) is 12.0. The van der Waals surface area contributed by atoms with Crippen molar-refractivity contribution in [1.29, 1.82) is 0 Å². The van der Waals surface area contributed by atoms with Crippen LogP contribution >= 0.6 is 0 Å². The number of hydrogen-bond acceptors (Lipinski definition) is 3. The van der Waals surface area contributed by atoms with Gasteiger partial charge in [-0.25, -0.2) is 12.8 Å². The Morgan fingerprint density at radius 3 is 2.35 bits per heavy atom. The van der Waals surface area contributed by atoms with Gasteiger partial charge in [-0.05, 0) is 30.7 Å². The molecule has 17 heavy (non-hydrogen) atoms. The molecule has 0 bridgehead atoms. The highest BCUT2D eigenvalue weighted by Gasteiger charge is 2.41. The Hall–Kier alpha value is -1.47. The summed E-state index contributed by atoms with van der Waals surface area (Å²) in [6.07, 6.45) is 0.426. The average Bonchev–Trinajstić information content (AvgIpc) is 2.14. The molecule has 0 radical (unpaired) electrons. The van der Waals surface area contributed by atoms with Crippen LogP contribution in [0.1, 0.15) is 6.42 Å². The van der Waals surface area contributed by atoms with Gasteiger partial charge in [0.25, 0.3) is 0 Å². The quantitative estimate of drug-likeness (QED) is 0.833. The zero-order valence-corrected chi connectivity index (χ0v) is 9.65. The topological polar surface area (TPSA) is 80.5 Å². The van der Waals surface area contributed by atoms with Gasteiger partial charge in [-0.3, -0.25) is 4.79 Å². The SMILES string of the molecule is NC(=O)C1CCN1S(=O)(=O)c1ccc(F)cc1. The maximum absolute atomic E-state index is 12.7. The predicted octanol–water partition coefficient (Wildman–Crippen LogP) is 0.0740. The Balaban J connectivity index is 2.31. The molecule has 7 heteroatoms. The number of amides is 1. The monoisotopic (exact) mass is 258 g/mol. The number of hydrogen-bond donors (Lipinski definition) is 1. The second-order valence-electron chi connectivity index (χ2n) is 3.78. The molecule has 1 heterocycles. The molecule has 0 aliphatic carbocycles. The van der Waals surface area contributed by atoms with Crippen LogP contribution in [0.25, 0.3) is 0 Å². The molecule has 1 saturated heterocycles. The molecule has 5 nitrogen and oxygen atoms in total. The highest BCUT2D eigenvalue weighted by atomic mass is 32.2. The van der Waals surface area contributed by atoms with Crippen molar-refractivity contribution in [3.8, 4) is 0 Å². The summed E-state index contributed by atoms with van der Waals surface area (Å²) in [6, 6.07) is 3.67. The van der Waals surface area contributed by atoms with E-state index in [1.807, 2.05) is 0 Å². The zero-order valence-electron chi connectivity index (χ0n) is 8.84. The fourth-order valence-electron chi connectivity index (χ4n) is 1.68. The van der Waals surface area contributed by atoms with Gasteiger partial charge in [0.2, 0.25) is 15.9 Å². The van der Waals surface area contributed by atoms with Crippen LogP contribution in [0.2, 0.25) is 0 Å². The van der Waals surface area contributed by atoms with Crippen molar-refractivity contribution in [2.45, 2.75) is 17.4 Å². The summed E-state index contributed by atoms with van der Waals surface area (Å²) in [6.45, 7) is 0.257. The van der Waals surface area contributed by atoms with Crippen LogP contribution < -0.4 is 5.73 Å². The molecule has 0 saturated carbocycles. The maximum atomic E-state index is 12.7. The minimum absolute atomic E-state index is 0.0372. The normalized spacial score (nSPS) is 20.9. The van der Waals surface area contributed by atoms with Crippen LogP contribution in [0.15, 0.2) is 29.2 Å². The van der Waals surface area contributed by atoms with Crippen LogP contribution in [0.3, 0.4) is 0 Å². The van der Waals surface area contributed by atoms with E-state index in [9.17, 15) is 17.6 Å². The molecular formula is C10H11FN2O3S. The van der Waals surface area contributed by atoms with Gasteiger partial charge >= 0.3 is 0 Å². The van der Waals surface area contributed by atoms with E-state index in [0.717, 1.165) is 16.4 Å². The highest BCUT2D eigenvalue weighted by molar-refractivity contribution is 7.89. The molecule has 1 fully saturated rings. The van der Waals surface area contributed by atoms with Gasteiger partial charge in [0, 0.05) is 6.54 Å². The van der Waals surface area contributed by atoms with Gasteiger partial charge in [-0.2, -0.15) is 4.31 Å². The first-order valence-corrected chi connectivity index (χ1v) is 6.43. The number of rotatable bonds is 3. The summed E-state index contributed by atoms with van der Waals surface area (Å²) in [7, 11) is -3.75. The molecule has 1 aromatic carbocycles. The third-order valence-electron chi connectivity index (χ3n) is 2.72. The Bertz CT molecular complexity index is 541. The van der Waals surface area contributed by atoms with Gasteiger partial charge in [-0.1, -0.05) is 0 Å². The van der Waals surface area contributed by atoms with Crippen LogP contribution in [0.4, 0.5) is 4.39 Å². The average molecular weight is 258 g/mol. The van der Waals surface area contributed by atoms with E-state index in [4.69, 9.17) is 5.73 Å². The summed E-state index contributed by atoms with van der Waals surface area (Å²) < 4.78 is 37.8. The largest absolute Gasteiger partial charge is 0.368 e. The molecule has 1 unspecified atom stereocenters. The number of primary amides is 1. The maximum Gasteiger partial charge on any atom is 0.243 e. The molecule has 1 aliphatic rings. The molecule has 92 valence electrons. The van der Waals surface area contributed by atoms with Crippen LogP contribution in [0, 0.1) is 5.82 Å². The number of sulfonamides is 1. The van der Waals surface area contributed by atoms with Crippen LogP contribution in [0.5, 0.6) is 0 Å². The van der Waals surface area contributed by atoms with E-state index in [2.05, 4.69) is 0 Å². The predicted molar refractivity (Wildman–Crippen MR) is 57.9 cm³/mol. The number of nitrogens with two attached hydrogens (primary N) is 1. The Labute approximate surface area is 98.1 Å². The zero-order chi connectivity index (χ0) is 12.6. The van der Waals surface area contributed by atoms with E-state index in [-0.39, 0.29) is 11.4 Å². The van der Waals surface area contributed by atoms with E-state index in [0.29, 0.717) is 6.42 Å². The summed E-state index contributed by atoms with van der Waals surface area (Å²) in [5, 5.41) is 0. The standard InChI is InChI=1S/C10H11FN2O3S/c11-7-1-3-8(4-2-7)17(15,16)13-6-5-9(13)10(12)14/h1-4,9H,5-6H2,(H2,12,14). The molecule has 0 spiro atoms. The van der Waals surface area contributed by atoms with Gasteiger partial charge in [0.1, 0.15) is 11.9 Å². The molecule has 2 N–H and O–H groups in total. The van der Waals surface area contributed by atoms with Crippen molar-refractivity contribution in [3.63, 3.8) is 0 Å². The molecule has 2 rings (SSSR count).